The van der Waals surface area contributed by atoms with Gasteiger partial charge in [0.05, 0.1) is 12.0 Å². The van der Waals surface area contributed by atoms with Crippen LogP contribution in [-0.4, -0.2) is 47.2 Å². The van der Waals surface area contributed by atoms with E-state index in [9.17, 15) is 9.59 Å². The molecule has 1 aromatic carbocycles. The highest BCUT2D eigenvalue weighted by Gasteiger charge is 2.59. The van der Waals surface area contributed by atoms with Gasteiger partial charge in [0.2, 0.25) is 5.91 Å². The molecule has 26 heavy (non-hydrogen) atoms. The normalized spacial score (nSPS) is 24.4. The predicted octanol–water partition coefficient (Wildman–Crippen LogP) is 2.29. The molecule has 0 radical (unpaired) electrons. The van der Waals surface area contributed by atoms with Crippen molar-refractivity contribution in [2.75, 3.05) is 19.5 Å². The monoisotopic (exact) mass is 418 g/mol. The number of hydrogen-bond acceptors (Lipinski definition) is 6. The summed E-state index contributed by atoms with van der Waals surface area (Å²) in [5.74, 6) is 0.337. The number of benzene rings is 1. The van der Waals surface area contributed by atoms with Crippen LogP contribution in [0, 0.1) is 0 Å². The molecule has 2 N–H and O–H groups in total. The maximum Gasteiger partial charge on any atom is 0.345 e. The van der Waals surface area contributed by atoms with Gasteiger partial charge in [0.15, 0.2) is 0 Å². The summed E-state index contributed by atoms with van der Waals surface area (Å²) in [6, 6.07) is 6.65. The number of rotatable bonds is 5. The van der Waals surface area contributed by atoms with E-state index in [0.717, 1.165) is 11.3 Å². The van der Waals surface area contributed by atoms with E-state index in [2.05, 4.69) is 0 Å². The molecular formula is C17H20Cl2N2O4S. The number of carbonyl (C=O) groups is 2. The molecule has 1 aromatic rings. The maximum absolute atomic E-state index is 12.5. The van der Waals surface area contributed by atoms with Gasteiger partial charge in [0, 0.05) is 12.4 Å². The fourth-order valence-electron chi connectivity index (χ4n) is 2.84. The first kappa shape index (κ1) is 20.9. The molecule has 1 fully saturated rings. The molecule has 1 saturated heterocycles. The van der Waals surface area contributed by atoms with Crippen molar-refractivity contribution in [3.8, 4) is 5.75 Å². The Morgan fingerprint density at radius 2 is 2.08 bits per heavy atom. The molecule has 2 aliphatic heterocycles. The average Bonchev–Trinajstić information content (AvgIpc) is 2.65. The van der Waals surface area contributed by atoms with Crippen LogP contribution in [0.2, 0.25) is 0 Å². The quantitative estimate of drug-likeness (QED) is 0.448. The number of esters is 1. The van der Waals surface area contributed by atoms with Crippen molar-refractivity contribution in [2.45, 2.75) is 24.4 Å². The summed E-state index contributed by atoms with van der Waals surface area (Å²) in [4.78, 5) is 25.9. The lowest BCUT2D eigenvalue weighted by Crippen LogP contribution is -2.76. The Hall–Kier alpha value is -1.41. The molecule has 142 valence electrons. The van der Waals surface area contributed by atoms with Gasteiger partial charge in [-0.3, -0.25) is 4.79 Å². The average molecular weight is 419 g/mol. The van der Waals surface area contributed by atoms with Gasteiger partial charge >= 0.3 is 5.97 Å². The fraction of sp³-hybridized carbons (Fsp3) is 0.412. The van der Waals surface area contributed by atoms with Crippen molar-refractivity contribution in [2.24, 2.45) is 5.73 Å². The molecule has 0 aliphatic carbocycles. The first-order chi connectivity index (χ1) is 11.9. The number of β-lactam (4-membered cyclic amide) rings is 1. The van der Waals surface area contributed by atoms with E-state index in [1.807, 2.05) is 19.1 Å². The number of hydrogen-bond donors (Lipinski definition) is 1. The first-order valence-electron chi connectivity index (χ1n) is 7.75. The summed E-state index contributed by atoms with van der Waals surface area (Å²) in [5.41, 5.74) is 7.46. The highest BCUT2D eigenvalue weighted by atomic mass is 35.5. The fourth-order valence-corrected chi connectivity index (χ4v) is 4.46. The summed E-state index contributed by atoms with van der Waals surface area (Å²) in [7, 11) is 1.59. The molecule has 0 aromatic heterocycles. The van der Waals surface area contributed by atoms with Gasteiger partial charge in [-0.1, -0.05) is 23.9 Å². The number of alkyl halides is 1. The zero-order valence-corrected chi connectivity index (χ0v) is 16.7. The highest BCUT2D eigenvalue weighted by Crippen LogP contribution is 2.49. The Kier molecular flexibility index (Phi) is 6.50. The molecule has 0 saturated carbocycles. The Morgan fingerprint density at radius 3 is 2.65 bits per heavy atom. The second-order valence-corrected chi connectivity index (χ2v) is 7.76. The molecule has 2 atom stereocenters. The predicted molar refractivity (Wildman–Crippen MR) is 103 cm³/mol. The minimum absolute atomic E-state index is 0. The number of fused-ring (bicyclic) bond motifs is 1. The molecule has 2 aliphatic rings. The van der Waals surface area contributed by atoms with Crippen LogP contribution >= 0.6 is 35.8 Å². The Bertz CT molecular complexity index is 741. The number of nitrogens with zero attached hydrogens (tertiary/aromatic N) is 1. The Labute approximate surface area is 167 Å². The standard InChI is InChI=1S/C17H19ClN2O4S.ClH/c1-17-14(19)15(21)20(17)8-11(7-18)13(25-17)16(22)24-9-10-3-5-12(23-2)6-4-10;/h3-6,14H,7-9,19H2,1-2H3;1H/t14?,17-;/m0./s1. The van der Waals surface area contributed by atoms with Gasteiger partial charge in [0.25, 0.3) is 0 Å². The number of thioether (sulfide) groups is 1. The number of methoxy groups -OCH3 is 1. The second-order valence-electron chi connectivity index (χ2n) is 6.05. The van der Waals surface area contributed by atoms with E-state index >= 15 is 0 Å². The van der Waals surface area contributed by atoms with Gasteiger partial charge in [-0.2, -0.15) is 0 Å². The number of carbonyl (C=O) groups excluding carboxylic acids is 2. The molecule has 2 heterocycles. The molecule has 0 bridgehead atoms. The topological polar surface area (TPSA) is 81.9 Å². The minimum Gasteiger partial charge on any atom is -0.497 e. The van der Waals surface area contributed by atoms with Crippen molar-refractivity contribution in [3.63, 3.8) is 0 Å². The smallest absolute Gasteiger partial charge is 0.345 e. The van der Waals surface area contributed by atoms with Crippen molar-refractivity contribution in [3.05, 3.63) is 40.3 Å². The van der Waals surface area contributed by atoms with Gasteiger partial charge in [0.1, 0.15) is 23.3 Å². The van der Waals surface area contributed by atoms with E-state index in [1.54, 1.807) is 24.1 Å². The second kappa shape index (κ2) is 8.08. The van der Waals surface area contributed by atoms with E-state index in [0.29, 0.717) is 17.0 Å². The Balaban J connectivity index is 0.00000243. The molecule has 6 nitrogen and oxygen atoms in total. The number of amides is 1. The van der Waals surface area contributed by atoms with Gasteiger partial charge in [-0.05, 0) is 30.2 Å². The third kappa shape index (κ3) is 3.53. The third-order valence-electron chi connectivity index (χ3n) is 4.50. The van der Waals surface area contributed by atoms with Crippen LogP contribution in [0.1, 0.15) is 12.5 Å². The number of ether oxygens (including phenoxy) is 2. The van der Waals surface area contributed by atoms with Crippen LogP contribution in [0.25, 0.3) is 0 Å². The molecule has 1 amide bonds. The summed E-state index contributed by atoms with van der Waals surface area (Å²) in [5, 5.41) is 0. The molecule has 9 heteroatoms. The maximum atomic E-state index is 12.5. The number of halogens is 2. The summed E-state index contributed by atoms with van der Waals surface area (Å²) in [6.07, 6.45) is 0. The molecule has 1 unspecified atom stereocenters. The van der Waals surface area contributed by atoms with Crippen molar-refractivity contribution in [1.82, 2.24) is 4.90 Å². The first-order valence-corrected chi connectivity index (χ1v) is 9.10. The summed E-state index contributed by atoms with van der Waals surface area (Å²) >= 11 is 7.23. The Morgan fingerprint density at radius 1 is 1.42 bits per heavy atom. The van der Waals surface area contributed by atoms with Crippen molar-refractivity contribution < 1.29 is 19.1 Å². The van der Waals surface area contributed by atoms with E-state index in [1.165, 1.54) is 11.8 Å². The van der Waals surface area contributed by atoms with E-state index < -0.39 is 16.9 Å². The van der Waals surface area contributed by atoms with E-state index in [4.69, 9.17) is 26.8 Å². The SMILES string of the molecule is COc1ccc(COC(=O)C2=C(CCl)CN3C(=O)C(N)[C@]3(C)S2)cc1.Cl. The number of nitrogens with two attached hydrogens (primary N) is 1. The van der Waals surface area contributed by atoms with E-state index in [-0.39, 0.29) is 30.8 Å². The lowest BCUT2D eigenvalue weighted by atomic mass is 9.95. The van der Waals surface area contributed by atoms with Crippen molar-refractivity contribution in [1.29, 1.82) is 0 Å². The van der Waals surface area contributed by atoms with Gasteiger partial charge in [-0.25, -0.2) is 4.79 Å². The largest absolute Gasteiger partial charge is 0.497 e. The van der Waals surface area contributed by atoms with Crippen LogP contribution < -0.4 is 10.5 Å². The zero-order chi connectivity index (χ0) is 18.2. The van der Waals surface area contributed by atoms with Crippen LogP contribution in [0.15, 0.2) is 34.7 Å². The van der Waals surface area contributed by atoms with Crippen LogP contribution in [0.4, 0.5) is 0 Å². The lowest BCUT2D eigenvalue weighted by molar-refractivity contribution is -0.150. The van der Waals surface area contributed by atoms with Crippen LogP contribution in [-0.2, 0) is 20.9 Å². The van der Waals surface area contributed by atoms with Crippen LogP contribution in [0.5, 0.6) is 5.75 Å². The lowest BCUT2D eigenvalue weighted by Gasteiger charge is -2.56. The highest BCUT2D eigenvalue weighted by molar-refractivity contribution is 8.05. The molecular weight excluding hydrogens is 399 g/mol. The van der Waals surface area contributed by atoms with Crippen molar-refractivity contribution >= 4 is 47.6 Å². The zero-order valence-electron chi connectivity index (χ0n) is 14.4. The van der Waals surface area contributed by atoms with Gasteiger partial charge < -0.3 is 20.1 Å². The van der Waals surface area contributed by atoms with Gasteiger partial charge in [-0.15, -0.1) is 24.0 Å². The molecule has 3 rings (SSSR count). The summed E-state index contributed by atoms with van der Waals surface area (Å²) in [6.45, 7) is 2.31. The molecule has 0 spiro atoms. The van der Waals surface area contributed by atoms with Crippen LogP contribution in [0.3, 0.4) is 0 Å². The third-order valence-corrected chi connectivity index (χ3v) is 6.37. The summed E-state index contributed by atoms with van der Waals surface area (Å²) < 4.78 is 10.5. The minimum atomic E-state index is -0.626.